The molecule has 1 atom stereocenters. The molecule has 0 saturated heterocycles. The van der Waals surface area contributed by atoms with Crippen molar-refractivity contribution in [2.24, 2.45) is 0 Å². The van der Waals surface area contributed by atoms with E-state index >= 15 is 0 Å². The molecule has 1 nitrogen and oxygen atoms in total. The summed E-state index contributed by atoms with van der Waals surface area (Å²) in [5, 5.41) is 0. The molecule has 1 unspecified atom stereocenters. The minimum Gasteiger partial charge on any atom is -0.494 e. The van der Waals surface area contributed by atoms with E-state index in [2.05, 4.69) is 58.0 Å². The monoisotopic (exact) mass is 246 g/mol. The van der Waals surface area contributed by atoms with E-state index in [4.69, 9.17) is 4.74 Å². The average molecular weight is 246 g/mol. The van der Waals surface area contributed by atoms with E-state index in [1.165, 1.54) is 17.5 Å². The number of aryl methyl sites for hydroxylation is 1. The summed E-state index contributed by atoms with van der Waals surface area (Å²) in [6.07, 6.45) is 7.76. The van der Waals surface area contributed by atoms with Crippen LogP contribution in [0.2, 0.25) is 0 Å². The molecule has 0 bridgehead atoms. The van der Waals surface area contributed by atoms with Crippen LogP contribution in [-0.2, 0) is 0 Å². The Morgan fingerprint density at radius 1 is 1.28 bits per heavy atom. The zero-order chi connectivity index (χ0) is 13.4. The Labute approximate surface area is 112 Å². The maximum atomic E-state index is 5.67. The third-order valence-corrected chi connectivity index (χ3v) is 3.30. The fraction of sp³-hybridized carbons (Fsp3) is 0.529. The van der Waals surface area contributed by atoms with Gasteiger partial charge in [-0.25, -0.2) is 0 Å². The number of rotatable bonds is 7. The molecule has 0 amide bonds. The summed E-state index contributed by atoms with van der Waals surface area (Å²) in [7, 11) is 0. The van der Waals surface area contributed by atoms with Crippen LogP contribution in [0.4, 0.5) is 0 Å². The van der Waals surface area contributed by atoms with Crippen LogP contribution in [0.3, 0.4) is 0 Å². The second-order valence-electron chi connectivity index (χ2n) is 4.78. The quantitative estimate of drug-likeness (QED) is 0.597. The summed E-state index contributed by atoms with van der Waals surface area (Å²) in [4.78, 5) is 0. The van der Waals surface area contributed by atoms with E-state index in [0.29, 0.717) is 5.92 Å². The van der Waals surface area contributed by atoms with E-state index in [1.54, 1.807) is 0 Å². The Balaban J connectivity index is 2.82. The van der Waals surface area contributed by atoms with E-state index in [0.717, 1.165) is 25.2 Å². The van der Waals surface area contributed by atoms with Crippen LogP contribution in [0.25, 0.3) is 0 Å². The average Bonchev–Trinajstić information content (AvgIpc) is 2.39. The molecule has 1 aromatic carbocycles. The van der Waals surface area contributed by atoms with Crippen molar-refractivity contribution in [3.63, 3.8) is 0 Å². The predicted octanol–water partition coefficient (Wildman–Crippen LogP) is 5.24. The van der Waals surface area contributed by atoms with E-state index in [9.17, 15) is 0 Å². The first-order chi connectivity index (χ1) is 8.72. The lowest BCUT2D eigenvalue weighted by molar-refractivity contribution is 0.317. The van der Waals surface area contributed by atoms with Gasteiger partial charge >= 0.3 is 0 Å². The van der Waals surface area contributed by atoms with Crippen molar-refractivity contribution in [2.45, 2.75) is 52.9 Å². The maximum absolute atomic E-state index is 5.67. The standard InChI is InChI=1S/C17H26O/c1-5-8-9-15(7-3)17-11-10-16(13-14(17)4)18-12-6-2/h5,8,10-11,13,15H,6-7,9,12H2,1-4H3/b8-5-. The van der Waals surface area contributed by atoms with Crippen LogP contribution in [0.15, 0.2) is 30.4 Å². The molecule has 0 heterocycles. The highest BCUT2D eigenvalue weighted by Crippen LogP contribution is 2.29. The number of ether oxygens (including phenoxy) is 1. The molecule has 0 fully saturated rings. The summed E-state index contributed by atoms with van der Waals surface area (Å²) < 4.78 is 5.67. The molecule has 0 aliphatic heterocycles. The topological polar surface area (TPSA) is 9.23 Å². The molecule has 1 rings (SSSR count). The minimum absolute atomic E-state index is 0.626. The van der Waals surface area contributed by atoms with Gasteiger partial charge in [0.25, 0.3) is 0 Å². The number of benzene rings is 1. The Hall–Kier alpha value is -1.24. The smallest absolute Gasteiger partial charge is 0.119 e. The third-order valence-electron chi connectivity index (χ3n) is 3.30. The largest absolute Gasteiger partial charge is 0.494 e. The van der Waals surface area contributed by atoms with E-state index < -0.39 is 0 Å². The Morgan fingerprint density at radius 3 is 2.61 bits per heavy atom. The first kappa shape index (κ1) is 14.8. The zero-order valence-electron chi connectivity index (χ0n) is 12.2. The molecule has 0 aliphatic rings. The molecular weight excluding hydrogens is 220 g/mol. The Morgan fingerprint density at radius 2 is 2.06 bits per heavy atom. The Bertz CT molecular complexity index is 379. The second-order valence-corrected chi connectivity index (χ2v) is 4.78. The number of hydrogen-bond donors (Lipinski definition) is 0. The van der Waals surface area contributed by atoms with Gasteiger partial charge < -0.3 is 4.74 Å². The van der Waals surface area contributed by atoms with Crippen molar-refractivity contribution in [1.29, 1.82) is 0 Å². The lowest BCUT2D eigenvalue weighted by Crippen LogP contribution is -2.01. The lowest BCUT2D eigenvalue weighted by Gasteiger charge is -2.17. The number of allylic oxidation sites excluding steroid dienone is 2. The summed E-state index contributed by atoms with van der Waals surface area (Å²) in [6, 6.07) is 6.51. The van der Waals surface area contributed by atoms with E-state index in [1.807, 2.05) is 0 Å². The van der Waals surface area contributed by atoms with Crippen LogP contribution >= 0.6 is 0 Å². The predicted molar refractivity (Wildman–Crippen MR) is 79.4 cm³/mol. The first-order valence-corrected chi connectivity index (χ1v) is 7.07. The van der Waals surface area contributed by atoms with Gasteiger partial charge in [0.1, 0.15) is 5.75 Å². The first-order valence-electron chi connectivity index (χ1n) is 7.07. The maximum Gasteiger partial charge on any atom is 0.119 e. The van der Waals surface area contributed by atoms with Crippen LogP contribution in [0.1, 0.15) is 57.1 Å². The van der Waals surface area contributed by atoms with Gasteiger partial charge in [-0.2, -0.15) is 0 Å². The van der Waals surface area contributed by atoms with Crippen LogP contribution in [-0.4, -0.2) is 6.61 Å². The van der Waals surface area contributed by atoms with Crippen LogP contribution in [0.5, 0.6) is 5.75 Å². The van der Waals surface area contributed by atoms with Gasteiger partial charge in [-0.1, -0.05) is 32.1 Å². The zero-order valence-corrected chi connectivity index (χ0v) is 12.2. The molecule has 0 N–H and O–H groups in total. The molecule has 0 saturated carbocycles. The van der Waals surface area contributed by atoms with Gasteiger partial charge in [-0.3, -0.25) is 0 Å². The van der Waals surface area contributed by atoms with Gasteiger partial charge in [0, 0.05) is 0 Å². The SMILES string of the molecule is C/C=C\CC(CC)c1ccc(OCCC)cc1C. The highest BCUT2D eigenvalue weighted by molar-refractivity contribution is 5.37. The molecule has 0 aromatic heterocycles. The molecule has 0 radical (unpaired) electrons. The normalized spacial score (nSPS) is 12.9. The van der Waals surface area contributed by atoms with Gasteiger partial charge in [0.15, 0.2) is 0 Å². The highest BCUT2D eigenvalue weighted by atomic mass is 16.5. The fourth-order valence-electron chi connectivity index (χ4n) is 2.23. The van der Waals surface area contributed by atoms with Crippen LogP contribution < -0.4 is 4.74 Å². The Kier molecular flexibility index (Phi) is 6.56. The summed E-state index contributed by atoms with van der Waals surface area (Å²) >= 11 is 0. The third kappa shape index (κ3) is 4.21. The molecular formula is C17H26O. The van der Waals surface area contributed by atoms with Crippen LogP contribution in [0, 0.1) is 6.92 Å². The molecule has 100 valence electrons. The lowest BCUT2D eigenvalue weighted by atomic mass is 9.90. The fourth-order valence-corrected chi connectivity index (χ4v) is 2.23. The van der Waals surface area contributed by atoms with Crippen molar-refractivity contribution in [3.05, 3.63) is 41.5 Å². The molecule has 0 spiro atoms. The molecule has 1 aromatic rings. The molecule has 0 aliphatic carbocycles. The van der Waals surface area contributed by atoms with Crippen molar-refractivity contribution in [1.82, 2.24) is 0 Å². The molecule has 18 heavy (non-hydrogen) atoms. The second kappa shape index (κ2) is 7.97. The van der Waals surface area contributed by atoms with Crippen molar-refractivity contribution >= 4 is 0 Å². The summed E-state index contributed by atoms with van der Waals surface area (Å²) in [5.41, 5.74) is 2.81. The summed E-state index contributed by atoms with van der Waals surface area (Å²) in [6.45, 7) is 9.46. The minimum atomic E-state index is 0.626. The van der Waals surface area contributed by atoms with Crippen molar-refractivity contribution in [3.8, 4) is 5.75 Å². The van der Waals surface area contributed by atoms with Gasteiger partial charge in [0.2, 0.25) is 0 Å². The van der Waals surface area contributed by atoms with Gasteiger partial charge in [-0.05, 0) is 62.3 Å². The van der Waals surface area contributed by atoms with E-state index in [-0.39, 0.29) is 0 Å². The number of hydrogen-bond acceptors (Lipinski definition) is 1. The van der Waals surface area contributed by atoms with Gasteiger partial charge in [-0.15, -0.1) is 0 Å². The van der Waals surface area contributed by atoms with Crippen molar-refractivity contribution in [2.75, 3.05) is 6.61 Å². The summed E-state index contributed by atoms with van der Waals surface area (Å²) in [5.74, 6) is 1.63. The van der Waals surface area contributed by atoms with Crippen molar-refractivity contribution < 1.29 is 4.74 Å². The van der Waals surface area contributed by atoms with Gasteiger partial charge in [0.05, 0.1) is 6.61 Å². The highest BCUT2D eigenvalue weighted by Gasteiger charge is 2.11. The molecule has 1 heteroatoms.